The monoisotopic (exact) mass is 440 g/mol. The van der Waals surface area contributed by atoms with Crippen molar-refractivity contribution < 1.29 is 13.7 Å². The van der Waals surface area contributed by atoms with Crippen LogP contribution in [-0.2, 0) is 17.4 Å². The second kappa shape index (κ2) is 7.71. The number of halogens is 1. The standard InChI is InChI=1S/C22H17BrO3S/c1-25-18-11-12-19-20(13-18)27(24)22(21(19)23)16-7-9-17(10-8-16)26-14-15-5-3-2-4-6-15/h2-13H,14H2,1H3. The van der Waals surface area contributed by atoms with Gasteiger partial charge < -0.3 is 9.47 Å². The number of fused-ring (bicyclic) bond motifs is 1. The smallest absolute Gasteiger partial charge is 0.120 e. The summed E-state index contributed by atoms with van der Waals surface area (Å²) in [5.74, 6) is 1.48. The van der Waals surface area contributed by atoms with E-state index in [0.717, 1.165) is 36.7 Å². The minimum atomic E-state index is -1.26. The first-order valence-corrected chi connectivity index (χ1v) is 10.4. The van der Waals surface area contributed by atoms with Crippen molar-refractivity contribution in [3.8, 4) is 11.5 Å². The molecule has 0 aliphatic carbocycles. The Morgan fingerprint density at radius 2 is 1.63 bits per heavy atom. The molecule has 1 atom stereocenters. The number of rotatable bonds is 5. The van der Waals surface area contributed by atoms with Gasteiger partial charge in [0, 0.05) is 10.0 Å². The maximum absolute atomic E-state index is 13.0. The number of hydrogen-bond donors (Lipinski definition) is 0. The highest BCUT2D eigenvalue weighted by atomic mass is 79.9. The Balaban J connectivity index is 1.55. The molecule has 0 amide bonds. The van der Waals surface area contributed by atoms with Crippen LogP contribution in [0.2, 0.25) is 0 Å². The van der Waals surface area contributed by atoms with Gasteiger partial charge >= 0.3 is 0 Å². The molecule has 3 aromatic rings. The van der Waals surface area contributed by atoms with Crippen LogP contribution >= 0.6 is 15.9 Å². The number of benzene rings is 3. The molecule has 1 heterocycles. The van der Waals surface area contributed by atoms with E-state index in [1.165, 1.54) is 0 Å². The molecule has 3 aromatic carbocycles. The van der Waals surface area contributed by atoms with E-state index in [2.05, 4.69) is 15.9 Å². The molecule has 3 nitrogen and oxygen atoms in total. The Morgan fingerprint density at radius 3 is 2.33 bits per heavy atom. The maximum atomic E-state index is 13.0. The Kier molecular flexibility index (Phi) is 5.14. The highest BCUT2D eigenvalue weighted by Crippen LogP contribution is 2.46. The second-order valence-electron chi connectivity index (χ2n) is 6.07. The van der Waals surface area contributed by atoms with Crippen LogP contribution in [0.1, 0.15) is 16.7 Å². The van der Waals surface area contributed by atoms with E-state index < -0.39 is 10.8 Å². The number of ether oxygens (including phenoxy) is 2. The minimum Gasteiger partial charge on any atom is -0.497 e. The zero-order chi connectivity index (χ0) is 18.8. The molecule has 5 heteroatoms. The summed E-state index contributed by atoms with van der Waals surface area (Å²) < 4.78 is 25.0. The molecule has 136 valence electrons. The maximum Gasteiger partial charge on any atom is 0.120 e. The molecule has 1 aliphatic rings. The molecule has 0 N–H and O–H groups in total. The van der Waals surface area contributed by atoms with Crippen molar-refractivity contribution in [2.24, 2.45) is 0 Å². The van der Waals surface area contributed by atoms with Gasteiger partial charge in [0.1, 0.15) is 18.1 Å². The summed E-state index contributed by atoms with van der Waals surface area (Å²) in [5.41, 5.74) is 2.96. The van der Waals surface area contributed by atoms with Crippen molar-refractivity contribution in [3.63, 3.8) is 0 Å². The van der Waals surface area contributed by atoms with Crippen molar-refractivity contribution in [2.45, 2.75) is 11.5 Å². The quantitative estimate of drug-likeness (QED) is 0.516. The Bertz CT molecular complexity index is 1030. The summed E-state index contributed by atoms with van der Waals surface area (Å²) in [4.78, 5) is 1.54. The van der Waals surface area contributed by atoms with Crippen LogP contribution in [0.5, 0.6) is 11.5 Å². The van der Waals surface area contributed by atoms with Crippen molar-refractivity contribution in [1.29, 1.82) is 0 Å². The lowest BCUT2D eigenvalue weighted by atomic mass is 10.1. The molecule has 0 spiro atoms. The minimum absolute atomic E-state index is 0.518. The van der Waals surface area contributed by atoms with Gasteiger partial charge in [-0.3, -0.25) is 0 Å². The molecule has 0 saturated heterocycles. The van der Waals surface area contributed by atoms with Gasteiger partial charge in [0.05, 0.1) is 27.7 Å². The van der Waals surface area contributed by atoms with Crippen molar-refractivity contribution in [3.05, 3.63) is 89.5 Å². The van der Waals surface area contributed by atoms with Gasteiger partial charge in [0.2, 0.25) is 0 Å². The third kappa shape index (κ3) is 3.57. The fraction of sp³-hybridized carbons (Fsp3) is 0.0909. The number of hydrogen-bond acceptors (Lipinski definition) is 3. The van der Waals surface area contributed by atoms with Crippen molar-refractivity contribution in [1.82, 2.24) is 0 Å². The lowest BCUT2D eigenvalue weighted by Gasteiger charge is -2.08. The first kappa shape index (κ1) is 18.0. The Labute approximate surface area is 169 Å². The molecule has 4 rings (SSSR count). The molecule has 0 saturated carbocycles. The molecule has 0 radical (unpaired) electrons. The Hall–Kier alpha value is -2.37. The molecular formula is C22H17BrO3S. The van der Waals surface area contributed by atoms with Gasteiger partial charge in [-0.05, 0) is 57.4 Å². The molecule has 1 unspecified atom stereocenters. The average Bonchev–Trinajstić information content (AvgIpc) is 2.97. The highest BCUT2D eigenvalue weighted by Gasteiger charge is 2.28. The topological polar surface area (TPSA) is 35.5 Å². The predicted molar refractivity (Wildman–Crippen MR) is 112 cm³/mol. The van der Waals surface area contributed by atoms with E-state index in [1.807, 2.05) is 72.8 Å². The van der Waals surface area contributed by atoms with Gasteiger partial charge in [-0.2, -0.15) is 0 Å². The van der Waals surface area contributed by atoms with Crippen LogP contribution < -0.4 is 9.47 Å². The fourth-order valence-electron chi connectivity index (χ4n) is 2.96. The summed E-state index contributed by atoms with van der Waals surface area (Å²) in [7, 11) is 0.352. The molecule has 0 fully saturated rings. The van der Waals surface area contributed by atoms with E-state index in [0.29, 0.717) is 12.4 Å². The van der Waals surface area contributed by atoms with E-state index in [4.69, 9.17) is 9.47 Å². The van der Waals surface area contributed by atoms with Crippen LogP contribution in [0.4, 0.5) is 0 Å². The first-order valence-electron chi connectivity index (χ1n) is 8.44. The van der Waals surface area contributed by atoms with Gasteiger partial charge in [0.25, 0.3) is 0 Å². The normalized spacial score (nSPS) is 15.6. The third-order valence-electron chi connectivity index (χ3n) is 4.37. The van der Waals surface area contributed by atoms with Gasteiger partial charge in [-0.25, -0.2) is 4.21 Å². The molecule has 0 bridgehead atoms. The molecule has 0 aromatic heterocycles. The second-order valence-corrected chi connectivity index (χ2v) is 8.25. The first-order chi connectivity index (χ1) is 13.2. The fourth-order valence-corrected chi connectivity index (χ4v) is 5.54. The van der Waals surface area contributed by atoms with Crippen LogP contribution in [0, 0.1) is 0 Å². The van der Waals surface area contributed by atoms with Crippen LogP contribution in [0.3, 0.4) is 0 Å². The van der Waals surface area contributed by atoms with Crippen LogP contribution in [-0.4, -0.2) is 11.3 Å². The predicted octanol–water partition coefficient (Wildman–Crippen LogP) is 5.62. The van der Waals surface area contributed by atoms with E-state index in [-0.39, 0.29) is 0 Å². The lowest BCUT2D eigenvalue weighted by molar-refractivity contribution is 0.306. The average molecular weight is 441 g/mol. The summed E-state index contributed by atoms with van der Waals surface area (Å²) >= 11 is 3.62. The van der Waals surface area contributed by atoms with Gasteiger partial charge in [-0.15, -0.1) is 0 Å². The van der Waals surface area contributed by atoms with E-state index >= 15 is 0 Å². The molecule has 1 aliphatic heterocycles. The van der Waals surface area contributed by atoms with E-state index in [9.17, 15) is 4.21 Å². The zero-order valence-electron chi connectivity index (χ0n) is 14.6. The lowest BCUT2D eigenvalue weighted by Crippen LogP contribution is -1.96. The Morgan fingerprint density at radius 1 is 0.926 bits per heavy atom. The summed E-state index contributed by atoms with van der Waals surface area (Å²) in [6.07, 6.45) is 0. The summed E-state index contributed by atoms with van der Waals surface area (Å²) in [6, 6.07) is 23.4. The molecule has 27 heavy (non-hydrogen) atoms. The van der Waals surface area contributed by atoms with Crippen LogP contribution in [0.15, 0.2) is 77.7 Å². The number of methoxy groups -OCH3 is 1. The zero-order valence-corrected chi connectivity index (χ0v) is 17.0. The summed E-state index contributed by atoms with van der Waals surface area (Å²) in [5, 5.41) is 0. The summed E-state index contributed by atoms with van der Waals surface area (Å²) in [6.45, 7) is 0.518. The van der Waals surface area contributed by atoms with Crippen molar-refractivity contribution in [2.75, 3.05) is 7.11 Å². The SMILES string of the molecule is COc1ccc2c(c1)S(=O)C(c1ccc(OCc3ccccc3)cc1)=C2Br. The van der Waals surface area contributed by atoms with Gasteiger partial charge in [0.15, 0.2) is 0 Å². The third-order valence-corrected chi connectivity index (χ3v) is 7.01. The highest BCUT2D eigenvalue weighted by molar-refractivity contribution is 9.15. The van der Waals surface area contributed by atoms with Crippen molar-refractivity contribution >= 4 is 36.1 Å². The van der Waals surface area contributed by atoms with Gasteiger partial charge in [-0.1, -0.05) is 42.5 Å². The molecular weight excluding hydrogens is 424 g/mol. The largest absolute Gasteiger partial charge is 0.497 e. The van der Waals surface area contributed by atoms with E-state index in [1.54, 1.807) is 7.11 Å². The van der Waals surface area contributed by atoms with Crippen LogP contribution in [0.25, 0.3) is 9.39 Å².